The van der Waals surface area contributed by atoms with E-state index in [9.17, 15) is 13.6 Å². The molecule has 0 unspecified atom stereocenters. The Labute approximate surface area is 147 Å². The van der Waals surface area contributed by atoms with Gasteiger partial charge in [-0.1, -0.05) is 11.6 Å². The molecule has 2 aromatic rings. The minimum Gasteiger partial charge on any atom is -0.492 e. The maximum Gasteiger partial charge on any atom is 0.257 e. The van der Waals surface area contributed by atoms with Crippen LogP contribution >= 0.6 is 23.8 Å². The van der Waals surface area contributed by atoms with Crippen molar-refractivity contribution >= 4 is 40.5 Å². The van der Waals surface area contributed by atoms with Gasteiger partial charge in [0.25, 0.3) is 5.91 Å². The van der Waals surface area contributed by atoms with Crippen LogP contribution in [0.4, 0.5) is 14.5 Å². The number of nitrogens with one attached hydrogen (secondary N) is 2. The lowest BCUT2D eigenvalue weighted by atomic mass is 10.2. The van der Waals surface area contributed by atoms with Crippen LogP contribution < -0.4 is 15.4 Å². The van der Waals surface area contributed by atoms with Crippen LogP contribution in [-0.2, 0) is 0 Å². The molecule has 2 rings (SSSR count). The van der Waals surface area contributed by atoms with Crippen molar-refractivity contribution in [2.45, 2.75) is 6.92 Å². The zero-order chi connectivity index (χ0) is 17.7. The first-order valence-corrected chi connectivity index (χ1v) is 7.69. The molecule has 4 nitrogen and oxygen atoms in total. The maximum absolute atomic E-state index is 13.5. The van der Waals surface area contributed by atoms with E-state index in [1.165, 1.54) is 18.2 Å². The molecular formula is C16H13ClF2N2O2S. The Morgan fingerprint density at radius 3 is 2.62 bits per heavy atom. The molecular weight excluding hydrogens is 358 g/mol. The van der Waals surface area contributed by atoms with Gasteiger partial charge in [-0.3, -0.25) is 10.1 Å². The van der Waals surface area contributed by atoms with Crippen LogP contribution in [-0.4, -0.2) is 17.6 Å². The number of halogens is 3. The third-order valence-corrected chi connectivity index (χ3v) is 3.40. The molecule has 126 valence electrons. The van der Waals surface area contributed by atoms with Gasteiger partial charge >= 0.3 is 0 Å². The van der Waals surface area contributed by atoms with Gasteiger partial charge < -0.3 is 10.1 Å². The number of thiocarbonyl (C=S) groups is 1. The van der Waals surface area contributed by atoms with Crippen LogP contribution in [0.5, 0.6) is 5.75 Å². The molecule has 0 spiro atoms. The molecule has 0 saturated heterocycles. The van der Waals surface area contributed by atoms with Gasteiger partial charge in [0.2, 0.25) is 0 Å². The van der Waals surface area contributed by atoms with E-state index in [0.717, 1.165) is 6.07 Å². The molecule has 0 fully saturated rings. The number of hydrogen-bond donors (Lipinski definition) is 2. The van der Waals surface area contributed by atoms with Gasteiger partial charge in [-0.25, -0.2) is 8.78 Å². The molecule has 0 bridgehead atoms. The minimum atomic E-state index is -0.823. The van der Waals surface area contributed by atoms with E-state index < -0.39 is 17.5 Å². The molecule has 1 amide bonds. The summed E-state index contributed by atoms with van der Waals surface area (Å²) in [5.74, 6) is -1.60. The highest BCUT2D eigenvalue weighted by Gasteiger charge is 2.12. The van der Waals surface area contributed by atoms with E-state index in [0.29, 0.717) is 18.4 Å². The molecule has 0 aromatic heterocycles. The van der Waals surface area contributed by atoms with Crippen LogP contribution in [0, 0.1) is 11.6 Å². The van der Waals surface area contributed by atoms with Crippen molar-refractivity contribution in [2.24, 2.45) is 0 Å². The smallest absolute Gasteiger partial charge is 0.257 e. The second-order valence-corrected chi connectivity index (χ2v) is 5.43. The molecule has 0 aliphatic carbocycles. The summed E-state index contributed by atoms with van der Waals surface area (Å²) in [7, 11) is 0. The number of carbonyl (C=O) groups excluding carboxylic acids is 1. The van der Waals surface area contributed by atoms with E-state index in [1.807, 2.05) is 6.92 Å². The number of hydrogen-bond acceptors (Lipinski definition) is 3. The summed E-state index contributed by atoms with van der Waals surface area (Å²) in [5, 5.41) is 5.03. The van der Waals surface area contributed by atoms with Gasteiger partial charge in [0.15, 0.2) is 5.11 Å². The first-order chi connectivity index (χ1) is 11.4. The van der Waals surface area contributed by atoms with Gasteiger partial charge in [0.1, 0.15) is 17.4 Å². The van der Waals surface area contributed by atoms with Crippen molar-refractivity contribution in [1.82, 2.24) is 5.32 Å². The fraction of sp³-hybridized carbons (Fsp3) is 0.125. The van der Waals surface area contributed by atoms with E-state index in [4.69, 9.17) is 28.6 Å². The normalized spacial score (nSPS) is 10.2. The summed E-state index contributed by atoms with van der Waals surface area (Å²) in [5.41, 5.74) is 0.207. The maximum atomic E-state index is 13.5. The van der Waals surface area contributed by atoms with Crippen LogP contribution in [0.1, 0.15) is 17.3 Å². The molecule has 24 heavy (non-hydrogen) atoms. The van der Waals surface area contributed by atoms with Crippen LogP contribution in [0.2, 0.25) is 5.02 Å². The van der Waals surface area contributed by atoms with E-state index >= 15 is 0 Å². The van der Waals surface area contributed by atoms with Crippen molar-refractivity contribution in [3.8, 4) is 5.75 Å². The third-order valence-electron chi connectivity index (χ3n) is 2.90. The van der Waals surface area contributed by atoms with Crippen molar-refractivity contribution in [3.05, 3.63) is 58.6 Å². The molecule has 0 aliphatic heterocycles. The Kier molecular flexibility index (Phi) is 6.05. The molecule has 0 aliphatic rings. The summed E-state index contributed by atoms with van der Waals surface area (Å²) in [4.78, 5) is 12.1. The lowest BCUT2D eigenvalue weighted by molar-refractivity contribution is 0.0977. The number of carbonyl (C=O) groups is 1. The van der Waals surface area contributed by atoms with E-state index in [-0.39, 0.29) is 21.4 Å². The summed E-state index contributed by atoms with van der Waals surface area (Å²) < 4.78 is 31.7. The zero-order valence-electron chi connectivity index (χ0n) is 12.5. The Bertz CT molecular complexity index is 787. The zero-order valence-corrected chi connectivity index (χ0v) is 14.1. The summed E-state index contributed by atoms with van der Waals surface area (Å²) in [6.07, 6.45) is 0. The summed E-state index contributed by atoms with van der Waals surface area (Å²) in [6.45, 7) is 2.26. The first-order valence-electron chi connectivity index (χ1n) is 6.90. The topological polar surface area (TPSA) is 50.4 Å². The van der Waals surface area contributed by atoms with Gasteiger partial charge in [-0.05, 0) is 49.5 Å². The summed E-state index contributed by atoms with van der Waals surface area (Å²) >= 11 is 11.0. The SMILES string of the molecule is CCOc1ccc(C(=O)NC(=S)Nc2ccc(F)cc2F)cc1Cl. The Balaban J connectivity index is 2.03. The Morgan fingerprint density at radius 2 is 2.00 bits per heavy atom. The third kappa shape index (κ3) is 4.62. The van der Waals surface area contributed by atoms with Gasteiger partial charge in [-0.15, -0.1) is 0 Å². The molecule has 2 N–H and O–H groups in total. The first kappa shape index (κ1) is 18.1. The van der Waals surface area contributed by atoms with Gasteiger partial charge in [0.05, 0.1) is 17.3 Å². The van der Waals surface area contributed by atoms with Crippen molar-refractivity contribution in [1.29, 1.82) is 0 Å². The molecule has 0 heterocycles. The van der Waals surface area contributed by atoms with E-state index in [1.54, 1.807) is 6.07 Å². The highest BCUT2D eigenvalue weighted by molar-refractivity contribution is 7.80. The van der Waals surface area contributed by atoms with Gasteiger partial charge in [-0.2, -0.15) is 0 Å². The van der Waals surface area contributed by atoms with Crippen molar-refractivity contribution < 1.29 is 18.3 Å². The monoisotopic (exact) mass is 370 g/mol. The van der Waals surface area contributed by atoms with Crippen LogP contribution in [0.3, 0.4) is 0 Å². The number of rotatable bonds is 4. The molecule has 8 heteroatoms. The standard InChI is InChI=1S/C16H13ClF2N2O2S/c1-2-23-14-6-3-9(7-11(14)17)15(22)21-16(24)20-13-5-4-10(18)8-12(13)19/h3-8H,2H2,1H3,(H2,20,21,22,24). The minimum absolute atomic E-state index is 0.0496. The molecule has 2 aromatic carbocycles. The molecule has 0 saturated carbocycles. The van der Waals surface area contributed by atoms with Crippen LogP contribution in [0.15, 0.2) is 36.4 Å². The quantitative estimate of drug-likeness (QED) is 0.794. The lowest BCUT2D eigenvalue weighted by Crippen LogP contribution is -2.34. The second-order valence-electron chi connectivity index (χ2n) is 4.61. The predicted octanol–water partition coefficient (Wildman–Crippen LogP) is 4.14. The molecule has 0 atom stereocenters. The Morgan fingerprint density at radius 1 is 1.25 bits per heavy atom. The summed E-state index contributed by atoms with van der Waals surface area (Å²) in [6, 6.07) is 7.48. The average Bonchev–Trinajstić information content (AvgIpc) is 2.52. The average molecular weight is 371 g/mol. The van der Waals surface area contributed by atoms with Crippen LogP contribution in [0.25, 0.3) is 0 Å². The predicted molar refractivity (Wildman–Crippen MR) is 92.7 cm³/mol. The number of ether oxygens (including phenoxy) is 1. The van der Waals surface area contributed by atoms with Crippen molar-refractivity contribution in [2.75, 3.05) is 11.9 Å². The van der Waals surface area contributed by atoms with Crippen molar-refractivity contribution in [3.63, 3.8) is 0 Å². The number of amides is 1. The van der Waals surface area contributed by atoms with Gasteiger partial charge in [0, 0.05) is 11.6 Å². The highest BCUT2D eigenvalue weighted by atomic mass is 35.5. The highest BCUT2D eigenvalue weighted by Crippen LogP contribution is 2.25. The Hall–Kier alpha value is -2.25. The number of benzene rings is 2. The molecule has 0 radical (unpaired) electrons. The largest absolute Gasteiger partial charge is 0.492 e. The van der Waals surface area contributed by atoms with E-state index in [2.05, 4.69) is 10.6 Å². The lowest BCUT2D eigenvalue weighted by Gasteiger charge is -2.11. The fourth-order valence-electron chi connectivity index (χ4n) is 1.83. The fourth-order valence-corrected chi connectivity index (χ4v) is 2.27. The second kappa shape index (κ2) is 8.03. The number of anilines is 1.